The molecule has 3 nitrogen and oxygen atoms in total. The van der Waals surface area contributed by atoms with Crippen LogP contribution in [0.5, 0.6) is 0 Å². The van der Waals surface area contributed by atoms with Gasteiger partial charge in [0.1, 0.15) is 0 Å². The number of nitrogens with one attached hydrogen (secondary N) is 1. The Labute approximate surface area is 124 Å². The summed E-state index contributed by atoms with van der Waals surface area (Å²) in [5, 5.41) is 8.47. The minimum absolute atomic E-state index is 0.749. The molecular formula is C14H23N3S2. The standard InChI is InChI=1S/C14H23N3S2/c1-3-13-10-17(6-8-19-13)14(15-4-2)16-9-12-5-7-18-11-12/h5,7,11,13H,3-4,6,8-10H2,1-2H3,(H,15,16). The molecule has 0 bridgehead atoms. The van der Waals surface area contributed by atoms with Crippen LogP contribution in [-0.2, 0) is 6.54 Å². The van der Waals surface area contributed by atoms with Gasteiger partial charge < -0.3 is 10.2 Å². The molecule has 1 aromatic heterocycles. The van der Waals surface area contributed by atoms with Gasteiger partial charge in [0, 0.05) is 30.6 Å². The van der Waals surface area contributed by atoms with Crippen LogP contribution in [0.25, 0.3) is 0 Å². The van der Waals surface area contributed by atoms with Crippen LogP contribution < -0.4 is 5.32 Å². The third-order valence-electron chi connectivity index (χ3n) is 3.22. The van der Waals surface area contributed by atoms with Gasteiger partial charge in [-0.2, -0.15) is 23.1 Å². The summed E-state index contributed by atoms with van der Waals surface area (Å²) in [5.41, 5.74) is 1.30. The largest absolute Gasteiger partial charge is 0.357 e. The number of thiophene rings is 1. The lowest BCUT2D eigenvalue weighted by atomic mass is 10.3. The smallest absolute Gasteiger partial charge is 0.194 e. The second-order valence-electron chi connectivity index (χ2n) is 4.65. The maximum absolute atomic E-state index is 4.78. The topological polar surface area (TPSA) is 27.6 Å². The number of hydrogen-bond acceptors (Lipinski definition) is 3. The number of nitrogens with zero attached hydrogens (tertiary/aromatic N) is 2. The van der Waals surface area contributed by atoms with Crippen LogP contribution >= 0.6 is 23.1 Å². The van der Waals surface area contributed by atoms with Crippen LogP contribution in [0, 0.1) is 0 Å². The molecule has 1 atom stereocenters. The Kier molecular flexibility index (Phi) is 6.04. The van der Waals surface area contributed by atoms with Crippen LogP contribution in [-0.4, -0.2) is 41.5 Å². The zero-order valence-electron chi connectivity index (χ0n) is 11.8. The van der Waals surface area contributed by atoms with Gasteiger partial charge in [-0.25, -0.2) is 4.99 Å². The average molecular weight is 297 g/mol. The van der Waals surface area contributed by atoms with E-state index in [1.54, 1.807) is 11.3 Å². The van der Waals surface area contributed by atoms with Gasteiger partial charge in [-0.1, -0.05) is 6.92 Å². The first-order valence-electron chi connectivity index (χ1n) is 6.99. The first-order valence-corrected chi connectivity index (χ1v) is 8.98. The zero-order chi connectivity index (χ0) is 13.5. The second-order valence-corrected chi connectivity index (χ2v) is 6.84. The van der Waals surface area contributed by atoms with Crippen molar-refractivity contribution in [3.8, 4) is 0 Å². The van der Waals surface area contributed by atoms with Crippen molar-refractivity contribution in [1.82, 2.24) is 10.2 Å². The zero-order valence-corrected chi connectivity index (χ0v) is 13.4. The fourth-order valence-electron chi connectivity index (χ4n) is 2.13. The van der Waals surface area contributed by atoms with E-state index >= 15 is 0 Å². The van der Waals surface area contributed by atoms with Crippen LogP contribution in [0.2, 0.25) is 0 Å². The van der Waals surface area contributed by atoms with Gasteiger partial charge in [0.15, 0.2) is 5.96 Å². The Morgan fingerprint density at radius 1 is 1.53 bits per heavy atom. The Bertz CT molecular complexity index is 389. The lowest BCUT2D eigenvalue weighted by Gasteiger charge is -2.34. The Balaban J connectivity index is 1.99. The molecule has 2 rings (SSSR count). The predicted molar refractivity (Wildman–Crippen MR) is 87.2 cm³/mol. The molecule has 19 heavy (non-hydrogen) atoms. The summed E-state index contributed by atoms with van der Waals surface area (Å²) in [4.78, 5) is 7.19. The van der Waals surface area contributed by atoms with Gasteiger partial charge in [-0.05, 0) is 35.7 Å². The molecule has 0 saturated carbocycles. The summed E-state index contributed by atoms with van der Waals surface area (Å²) in [7, 11) is 0. The maximum atomic E-state index is 4.78. The van der Waals surface area contributed by atoms with E-state index in [9.17, 15) is 0 Å². The average Bonchev–Trinajstić information content (AvgIpc) is 2.97. The highest BCUT2D eigenvalue weighted by atomic mass is 32.2. The molecule has 1 aliphatic heterocycles. The fourth-order valence-corrected chi connectivity index (χ4v) is 3.97. The van der Waals surface area contributed by atoms with Gasteiger partial charge in [0.25, 0.3) is 0 Å². The van der Waals surface area contributed by atoms with Crippen LogP contribution in [0.4, 0.5) is 0 Å². The van der Waals surface area contributed by atoms with Gasteiger partial charge in [0.2, 0.25) is 0 Å². The van der Waals surface area contributed by atoms with E-state index < -0.39 is 0 Å². The van der Waals surface area contributed by atoms with Crippen LogP contribution in [0.15, 0.2) is 21.8 Å². The summed E-state index contributed by atoms with van der Waals surface area (Å²) in [5.74, 6) is 2.29. The first-order chi connectivity index (χ1) is 9.33. The molecule has 0 spiro atoms. The predicted octanol–water partition coefficient (Wildman–Crippen LogP) is 3.04. The van der Waals surface area contributed by atoms with Gasteiger partial charge in [-0.15, -0.1) is 0 Å². The van der Waals surface area contributed by atoms with E-state index in [0.717, 1.165) is 37.4 Å². The molecule has 0 amide bonds. The molecule has 1 aliphatic rings. The van der Waals surface area contributed by atoms with Crippen molar-refractivity contribution in [3.05, 3.63) is 22.4 Å². The molecule has 2 heterocycles. The fraction of sp³-hybridized carbons (Fsp3) is 0.643. The lowest BCUT2D eigenvalue weighted by Crippen LogP contribution is -2.47. The van der Waals surface area contributed by atoms with Crippen LogP contribution in [0.3, 0.4) is 0 Å². The Morgan fingerprint density at radius 2 is 2.42 bits per heavy atom. The van der Waals surface area contributed by atoms with Crippen molar-refractivity contribution in [3.63, 3.8) is 0 Å². The Morgan fingerprint density at radius 3 is 3.11 bits per heavy atom. The first kappa shape index (κ1) is 14.7. The highest BCUT2D eigenvalue weighted by molar-refractivity contribution is 8.00. The van der Waals surface area contributed by atoms with Crippen molar-refractivity contribution in [2.45, 2.75) is 32.1 Å². The summed E-state index contributed by atoms with van der Waals surface area (Å²) in [6.07, 6.45) is 1.24. The molecule has 106 valence electrons. The number of aliphatic imine (C=N–C) groups is 1. The van der Waals surface area contributed by atoms with Crippen molar-refractivity contribution >= 4 is 29.1 Å². The van der Waals surface area contributed by atoms with E-state index in [2.05, 4.69) is 52.7 Å². The number of guanidine groups is 1. The van der Waals surface area contributed by atoms with E-state index in [0.29, 0.717) is 0 Å². The van der Waals surface area contributed by atoms with Crippen molar-refractivity contribution in [1.29, 1.82) is 0 Å². The molecule has 1 unspecified atom stereocenters. The van der Waals surface area contributed by atoms with E-state index in [4.69, 9.17) is 4.99 Å². The number of thioether (sulfide) groups is 1. The van der Waals surface area contributed by atoms with E-state index in [1.807, 2.05) is 0 Å². The quantitative estimate of drug-likeness (QED) is 0.684. The molecular weight excluding hydrogens is 274 g/mol. The molecule has 1 N–H and O–H groups in total. The normalized spacial score (nSPS) is 20.6. The highest BCUT2D eigenvalue weighted by Gasteiger charge is 2.21. The third-order valence-corrected chi connectivity index (χ3v) is 5.32. The number of hydrogen-bond donors (Lipinski definition) is 1. The molecule has 0 aromatic carbocycles. The highest BCUT2D eigenvalue weighted by Crippen LogP contribution is 2.21. The molecule has 5 heteroatoms. The van der Waals surface area contributed by atoms with E-state index in [1.165, 1.54) is 17.7 Å². The van der Waals surface area contributed by atoms with Gasteiger partial charge >= 0.3 is 0 Å². The van der Waals surface area contributed by atoms with E-state index in [-0.39, 0.29) is 0 Å². The monoisotopic (exact) mass is 297 g/mol. The van der Waals surface area contributed by atoms with Gasteiger partial charge in [0.05, 0.1) is 6.54 Å². The van der Waals surface area contributed by atoms with Crippen molar-refractivity contribution < 1.29 is 0 Å². The maximum Gasteiger partial charge on any atom is 0.194 e. The third kappa shape index (κ3) is 4.42. The van der Waals surface area contributed by atoms with Crippen LogP contribution in [0.1, 0.15) is 25.8 Å². The molecule has 1 aromatic rings. The van der Waals surface area contributed by atoms with Crippen molar-refractivity contribution in [2.75, 3.05) is 25.4 Å². The summed E-state index contributed by atoms with van der Waals surface area (Å²) in [6.45, 7) is 8.36. The van der Waals surface area contributed by atoms with Gasteiger partial charge in [-0.3, -0.25) is 0 Å². The lowest BCUT2D eigenvalue weighted by molar-refractivity contribution is 0.408. The summed E-state index contributed by atoms with van der Waals surface area (Å²) < 4.78 is 0. The van der Waals surface area contributed by atoms with Crippen molar-refractivity contribution in [2.24, 2.45) is 4.99 Å². The number of rotatable bonds is 4. The summed E-state index contributed by atoms with van der Waals surface area (Å²) in [6, 6.07) is 2.15. The molecule has 1 saturated heterocycles. The Hall–Kier alpha value is -0.680. The minimum atomic E-state index is 0.749. The molecule has 0 radical (unpaired) electrons. The second kappa shape index (κ2) is 7.80. The summed E-state index contributed by atoms with van der Waals surface area (Å²) >= 11 is 3.83. The molecule has 1 fully saturated rings. The molecule has 0 aliphatic carbocycles. The minimum Gasteiger partial charge on any atom is -0.357 e. The SMILES string of the molecule is CCNC(=NCc1ccsc1)N1CCSC(CC)C1.